The van der Waals surface area contributed by atoms with Crippen molar-refractivity contribution in [2.45, 2.75) is 25.3 Å². The fraction of sp³-hybridized carbons (Fsp3) is 0.417. The van der Waals surface area contributed by atoms with Crippen LogP contribution in [0.15, 0.2) is 24.3 Å². The summed E-state index contributed by atoms with van der Waals surface area (Å²) in [6.07, 6.45) is 3.67. The third-order valence-corrected chi connectivity index (χ3v) is 3.88. The fourth-order valence-electron chi connectivity index (χ4n) is 1.88. The number of methoxy groups -OCH3 is 1. The van der Waals surface area contributed by atoms with Crippen LogP contribution in [0, 0.1) is 0 Å². The van der Waals surface area contributed by atoms with E-state index in [9.17, 15) is 0 Å². The average Bonchev–Trinajstić information content (AvgIpc) is 2.65. The Morgan fingerprint density at radius 3 is 2.67 bits per heavy atom. The molecule has 0 aromatic heterocycles. The van der Waals surface area contributed by atoms with Gasteiger partial charge in [-0.1, -0.05) is 0 Å². The van der Waals surface area contributed by atoms with Crippen LogP contribution in [0.4, 0.5) is 0 Å². The molecule has 1 aliphatic rings. The van der Waals surface area contributed by atoms with Crippen LogP contribution in [-0.2, 0) is 25.8 Å². The van der Waals surface area contributed by atoms with E-state index in [1.165, 1.54) is 22.4 Å². The normalized spacial score (nSPS) is 20.6. The van der Waals surface area contributed by atoms with Crippen molar-refractivity contribution >= 4 is 4.02 Å². The standard InChI is InChI=1S/C12H15NO.W/c1-14-12-6-4-10(5-7-12)9-11-3-2-8-13-11;/h4-7,11,13H,2-3,9H2,1H3;/t11-;/m1./s1. The Hall–Kier alpha value is -0.462. The molecule has 1 aromatic rings. The van der Waals surface area contributed by atoms with Crippen LogP contribution >= 0.6 is 0 Å². The molecule has 1 aliphatic heterocycles. The molecule has 15 heavy (non-hydrogen) atoms. The Morgan fingerprint density at radius 2 is 2.13 bits per heavy atom. The summed E-state index contributed by atoms with van der Waals surface area (Å²) in [6, 6.07) is 9.02. The van der Waals surface area contributed by atoms with E-state index in [0.29, 0.717) is 6.04 Å². The maximum absolute atomic E-state index is 5.14. The molecule has 1 atom stereocenters. The van der Waals surface area contributed by atoms with Crippen molar-refractivity contribution in [2.75, 3.05) is 7.11 Å². The molecule has 1 aromatic carbocycles. The van der Waals surface area contributed by atoms with Crippen molar-refractivity contribution in [1.29, 1.82) is 0 Å². The molecule has 0 saturated carbocycles. The van der Waals surface area contributed by atoms with Gasteiger partial charge in [-0.05, 0) is 0 Å². The summed E-state index contributed by atoms with van der Waals surface area (Å²) in [5.74, 6) is 0.935. The first-order chi connectivity index (χ1) is 7.28. The van der Waals surface area contributed by atoms with Gasteiger partial charge in [0, 0.05) is 0 Å². The topological polar surface area (TPSA) is 21.3 Å². The molecule has 0 amide bonds. The van der Waals surface area contributed by atoms with Gasteiger partial charge in [0.1, 0.15) is 0 Å². The quantitative estimate of drug-likeness (QED) is 0.871. The van der Waals surface area contributed by atoms with Gasteiger partial charge in [0.15, 0.2) is 0 Å². The van der Waals surface area contributed by atoms with E-state index in [4.69, 9.17) is 4.74 Å². The summed E-state index contributed by atoms with van der Waals surface area (Å²) in [7, 11) is 1.70. The first-order valence-corrected chi connectivity index (χ1v) is 6.67. The number of hydrogen-bond acceptors (Lipinski definition) is 2. The first kappa shape index (κ1) is 11.0. The average molecular weight is 373 g/mol. The van der Waals surface area contributed by atoms with Crippen LogP contribution in [0.2, 0.25) is 0 Å². The van der Waals surface area contributed by atoms with Crippen LogP contribution in [-0.4, -0.2) is 17.2 Å². The van der Waals surface area contributed by atoms with Gasteiger partial charge in [-0.15, -0.1) is 0 Å². The summed E-state index contributed by atoms with van der Waals surface area (Å²) >= 11 is 1.59. The Morgan fingerprint density at radius 1 is 1.40 bits per heavy atom. The minimum absolute atomic E-state index is 0.644. The third kappa shape index (κ3) is 2.99. The van der Waals surface area contributed by atoms with E-state index in [1.807, 2.05) is 12.1 Å². The second kappa shape index (κ2) is 5.05. The van der Waals surface area contributed by atoms with Gasteiger partial charge in [-0.3, -0.25) is 0 Å². The second-order valence-corrected chi connectivity index (χ2v) is 5.63. The Labute approximate surface area is 101 Å². The van der Waals surface area contributed by atoms with Crippen LogP contribution in [0.25, 0.3) is 0 Å². The zero-order chi connectivity index (χ0) is 10.7. The second-order valence-electron chi connectivity index (χ2n) is 3.86. The first-order valence-electron chi connectivity index (χ1n) is 5.20. The molecule has 0 spiro atoms. The fourth-order valence-corrected chi connectivity index (χ4v) is 2.90. The van der Waals surface area contributed by atoms with E-state index in [1.54, 1.807) is 26.5 Å². The number of rotatable bonds is 3. The minimum atomic E-state index is 0.644. The van der Waals surface area contributed by atoms with Gasteiger partial charge < -0.3 is 0 Å². The molecule has 3 heteroatoms. The molecule has 2 rings (SSSR count). The van der Waals surface area contributed by atoms with Crippen molar-refractivity contribution < 1.29 is 24.1 Å². The summed E-state index contributed by atoms with van der Waals surface area (Å²) in [4.78, 5) is 0. The van der Waals surface area contributed by atoms with Gasteiger partial charge in [-0.25, -0.2) is 0 Å². The molecular formula is C12H15NOW. The molecule has 80 valence electrons. The maximum atomic E-state index is 5.14. The van der Waals surface area contributed by atoms with E-state index >= 15 is 0 Å². The zero-order valence-corrected chi connectivity index (χ0v) is 11.8. The van der Waals surface area contributed by atoms with Gasteiger partial charge in [-0.2, -0.15) is 0 Å². The number of hydrogen-bond donors (Lipinski definition) is 1. The van der Waals surface area contributed by atoms with E-state index in [-0.39, 0.29) is 0 Å². The van der Waals surface area contributed by atoms with Crippen molar-refractivity contribution in [1.82, 2.24) is 5.32 Å². The van der Waals surface area contributed by atoms with Crippen LogP contribution in [0.3, 0.4) is 0 Å². The summed E-state index contributed by atoms with van der Waals surface area (Å²) in [5, 5.41) is 3.55. The Bertz CT molecular complexity index is 347. The predicted molar refractivity (Wildman–Crippen MR) is 57.9 cm³/mol. The molecule has 0 bridgehead atoms. The Balaban J connectivity index is 1.96. The summed E-state index contributed by atoms with van der Waals surface area (Å²) < 4.78 is 6.65. The van der Waals surface area contributed by atoms with Gasteiger partial charge in [0.05, 0.1) is 0 Å². The van der Waals surface area contributed by atoms with Crippen molar-refractivity contribution in [3.8, 4) is 5.75 Å². The van der Waals surface area contributed by atoms with E-state index in [0.717, 1.165) is 12.2 Å². The van der Waals surface area contributed by atoms with Crippen molar-refractivity contribution in [2.24, 2.45) is 0 Å². The monoisotopic (exact) mass is 373 g/mol. The molecule has 0 unspecified atom stereocenters. The molecule has 0 radical (unpaired) electrons. The van der Waals surface area contributed by atoms with Gasteiger partial charge in [0.25, 0.3) is 0 Å². The molecule has 1 fully saturated rings. The molecule has 0 aliphatic carbocycles. The van der Waals surface area contributed by atoms with Crippen molar-refractivity contribution in [3.63, 3.8) is 0 Å². The Kier molecular flexibility index (Phi) is 3.71. The molecular weight excluding hydrogens is 358 g/mol. The molecule has 2 nitrogen and oxygen atoms in total. The number of nitrogens with one attached hydrogen (secondary N) is 1. The zero-order valence-electron chi connectivity index (χ0n) is 8.82. The SMILES string of the molecule is COc1ccc(C[C@H]2CC[C](=[W])N2)cc1. The predicted octanol–water partition coefficient (Wildman–Crippen LogP) is 1.67. The van der Waals surface area contributed by atoms with Gasteiger partial charge >= 0.3 is 101 Å². The van der Waals surface area contributed by atoms with Crippen molar-refractivity contribution in [3.05, 3.63) is 29.8 Å². The van der Waals surface area contributed by atoms with Crippen LogP contribution in [0.1, 0.15) is 18.4 Å². The van der Waals surface area contributed by atoms with Crippen LogP contribution in [0.5, 0.6) is 5.75 Å². The van der Waals surface area contributed by atoms with E-state index in [2.05, 4.69) is 17.4 Å². The molecule has 1 saturated heterocycles. The number of benzene rings is 1. The molecule has 1 N–H and O–H groups in total. The van der Waals surface area contributed by atoms with E-state index < -0.39 is 0 Å². The van der Waals surface area contributed by atoms with Gasteiger partial charge in [0.2, 0.25) is 0 Å². The molecule has 1 heterocycles. The summed E-state index contributed by atoms with van der Waals surface area (Å²) in [6.45, 7) is 0. The number of ether oxygens (including phenoxy) is 1. The third-order valence-electron chi connectivity index (χ3n) is 2.73. The van der Waals surface area contributed by atoms with Crippen LogP contribution < -0.4 is 10.1 Å². The summed E-state index contributed by atoms with van der Waals surface area (Å²) in [5.41, 5.74) is 1.39.